The molecule has 2 unspecified atom stereocenters. The van der Waals surface area contributed by atoms with E-state index >= 15 is 0 Å². The number of nitrogens with one attached hydrogen (secondary N) is 2. The summed E-state index contributed by atoms with van der Waals surface area (Å²) in [4.78, 5) is 16.4. The molecular formula is C20H16F2N4O2S. The molecule has 0 spiro atoms. The summed E-state index contributed by atoms with van der Waals surface area (Å²) in [5.74, 6) is -1.22. The third kappa shape index (κ3) is 2.84. The number of anilines is 1. The number of hydrogen-bond acceptors (Lipinski definition) is 5. The van der Waals surface area contributed by atoms with Crippen LogP contribution in [-0.2, 0) is 4.79 Å². The van der Waals surface area contributed by atoms with Crippen molar-refractivity contribution in [2.45, 2.75) is 19.5 Å². The maximum absolute atomic E-state index is 14.9. The van der Waals surface area contributed by atoms with Crippen LogP contribution in [0.4, 0.5) is 13.9 Å². The number of benzene rings is 2. The highest BCUT2D eigenvalue weighted by Crippen LogP contribution is 2.41. The maximum Gasteiger partial charge on any atom is 0.232 e. The minimum absolute atomic E-state index is 0.133. The molecule has 148 valence electrons. The Morgan fingerprint density at radius 2 is 2.21 bits per heavy atom. The van der Waals surface area contributed by atoms with E-state index in [0.29, 0.717) is 27.3 Å². The van der Waals surface area contributed by atoms with Crippen LogP contribution >= 0.6 is 11.3 Å². The second-order valence-corrected chi connectivity index (χ2v) is 8.09. The van der Waals surface area contributed by atoms with E-state index in [-0.39, 0.29) is 18.1 Å². The highest BCUT2D eigenvalue weighted by molar-refractivity contribution is 7.22. The standard InChI is InChI=1S/C20H16F2N4O2S/c1-8-15(11-7-23-26-17(11)18(28-2)16(8)22)9-3-4-13-14(5-9)29-20(24-13)25-19(27)10-6-12(10)21/h3-5,7,10,12H,6H2,1-2H3,(H,23,26)(H,24,25,27). The van der Waals surface area contributed by atoms with Crippen molar-refractivity contribution >= 4 is 43.5 Å². The molecule has 29 heavy (non-hydrogen) atoms. The van der Waals surface area contributed by atoms with Crippen molar-refractivity contribution in [2.75, 3.05) is 12.4 Å². The van der Waals surface area contributed by atoms with E-state index in [4.69, 9.17) is 4.74 Å². The molecule has 1 fully saturated rings. The molecule has 2 heterocycles. The zero-order valence-corrected chi connectivity index (χ0v) is 16.4. The van der Waals surface area contributed by atoms with Gasteiger partial charge in [-0.2, -0.15) is 5.10 Å². The molecule has 1 amide bonds. The summed E-state index contributed by atoms with van der Waals surface area (Å²) in [6, 6.07) is 5.57. The van der Waals surface area contributed by atoms with Gasteiger partial charge in [-0.05, 0) is 42.2 Å². The molecule has 1 aliphatic carbocycles. The first-order valence-electron chi connectivity index (χ1n) is 9.03. The monoisotopic (exact) mass is 414 g/mol. The zero-order valence-electron chi connectivity index (χ0n) is 15.5. The second-order valence-electron chi connectivity index (χ2n) is 7.05. The van der Waals surface area contributed by atoms with Crippen molar-refractivity contribution in [1.29, 1.82) is 0 Å². The van der Waals surface area contributed by atoms with Crippen LogP contribution in [0.5, 0.6) is 5.75 Å². The molecule has 1 aliphatic rings. The van der Waals surface area contributed by atoms with Gasteiger partial charge in [-0.3, -0.25) is 9.89 Å². The van der Waals surface area contributed by atoms with Gasteiger partial charge in [-0.1, -0.05) is 17.4 Å². The van der Waals surface area contributed by atoms with Gasteiger partial charge in [0.25, 0.3) is 0 Å². The lowest BCUT2D eigenvalue weighted by molar-refractivity contribution is -0.117. The van der Waals surface area contributed by atoms with Gasteiger partial charge in [0.2, 0.25) is 5.91 Å². The van der Waals surface area contributed by atoms with Crippen molar-refractivity contribution < 1.29 is 18.3 Å². The van der Waals surface area contributed by atoms with E-state index in [2.05, 4.69) is 20.5 Å². The van der Waals surface area contributed by atoms with Gasteiger partial charge < -0.3 is 10.1 Å². The summed E-state index contributed by atoms with van der Waals surface area (Å²) in [5, 5.41) is 10.7. The number of halogens is 2. The van der Waals surface area contributed by atoms with Crippen molar-refractivity contribution in [3.63, 3.8) is 0 Å². The molecule has 0 saturated heterocycles. The number of ether oxygens (including phenoxy) is 1. The Morgan fingerprint density at radius 1 is 1.41 bits per heavy atom. The molecule has 6 nitrogen and oxygen atoms in total. The summed E-state index contributed by atoms with van der Waals surface area (Å²) in [6.45, 7) is 1.70. The highest BCUT2D eigenvalue weighted by Gasteiger charge is 2.43. The molecular weight excluding hydrogens is 398 g/mol. The predicted molar refractivity (Wildman–Crippen MR) is 108 cm³/mol. The molecule has 9 heteroatoms. The first-order chi connectivity index (χ1) is 14.0. The molecule has 2 atom stereocenters. The normalized spacial score (nSPS) is 18.3. The van der Waals surface area contributed by atoms with Crippen LogP contribution in [0, 0.1) is 18.7 Å². The number of amides is 1. The quantitative estimate of drug-likeness (QED) is 0.512. The lowest BCUT2D eigenvalue weighted by Crippen LogP contribution is -2.14. The molecule has 1 saturated carbocycles. The van der Waals surface area contributed by atoms with Crippen LogP contribution in [0.15, 0.2) is 24.4 Å². The van der Waals surface area contributed by atoms with Crippen LogP contribution in [-0.4, -0.2) is 34.4 Å². The molecule has 2 aromatic heterocycles. The molecule has 2 aromatic carbocycles. The minimum atomic E-state index is -1.05. The molecule has 4 aromatic rings. The second kappa shape index (κ2) is 6.48. The zero-order chi connectivity index (χ0) is 20.3. The minimum Gasteiger partial charge on any atom is -0.491 e. The lowest BCUT2D eigenvalue weighted by atomic mass is 9.96. The van der Waals surface area contributed by atoms with E-state index in [1.54, 1.807) is 13.1 Å². The number of aromatic amines is 1. The van der Waals surface area contributed by atoms with Gasteiger partial charge >= 0.3 is 0 Å². The number of rotatable bonds is 4. The van der Waals surface area contributed by atoms with Gasteiger partial charge in [-0.15, -0.1) is 0 Å². The van der Waals surface area contributed by atoms with E-state index < -0.39 is 17.9 Å². The van der Waals surface area contributed by atoms with Gasteiger partial charge in [0, 0.05) is 5.39 Å². The maximum atomic E-state index is 14.9. The molecule has 5 rings (SSSR count). The number of fused-ring (bicyclic) bond motifs is 2. The van der Waals surface area contributed by atoms with Crippen LogP contribution in [0.25, 0.3) is 32.2 Å². The van der Waals surface area contributed by atoms with Gasteiger partial charge in [0.15, 0.2) is 16.7 Å². The fraction of sp³-hybridized carbons (Fsp3) is 0.250. The first-order valence-corrected chi connectivity index (χ1v) is 9.84. The molecule has 0 radical (unpaired) electrons. The van der Waals surface area contributed by atoms with E-state index in [1.165, 1.54) is 18.4 Å². The van der Waals surface area contributed by atoms with Crippen LogP contribution in [0.2, 0.25) is 0 Å². The van der Waals surface area contributed by atoms with E-state index in [9.17, 15) is 13.6 Å². The number of alkyl halides is 1. The fourth-order valence-corrected chi connectivity index (χ4v) is 4.48. The number of carbonyl (C=O) groups excluding carboxylic acids is 1. The highest BCUT2D eigenvalue weighted by atomic mass is 32.1. The smallest absolute Gasteiger partial charge is 0.232 e. The molecule has 0 bridgehead atoms. The van der Waals surface area contributed by atoms with Crippen LogP contribution in [0.1, 0.15) is 12.0 Å². The Hall–Kier alpha value is -3.07. The first kappa shape index (κ1) is 18.0. The fourth-order valence-electron chi connectivity index (χ4n) is 3.57. The topological polar surface area (TPSA) is 79.9 Å². The largest absolute Gasteiger partial charge is 0.491 e. The van der Waals surface area contributed by atoms with E-state index in [0.717, 1.165) is 15.6 Å². The number of hydrogen-bond donors (Lipinski definition) is 2. The lowest BCUT2D eigenvalue weighted by Gasteiger charge is -2.12. The van der Waals surface area contributed by atoms with Crippen molar-refractivity contribution in [3.05, 3.63) is 35.8 Å². The van der Waals surface area contributed by atoms with Crippen molar-refractivity contribution in [2.24, 2.45) is 5.92 Å². The summed E-state index contributed by atoms with van der Waals surface area (Å²) in [5.41, 5.74) is 3.17. The third-order valence-electron chi connectivity index (χ3n) is 5.20. The average Bonchev–Trinajstić information content (AvgIpc) is 3.08. The summed E-state index contributed by atoms with van der Waals surface area (Å²) in [6.07, 6.45) is 0.857. The Labute approximate surface area is 167 Å². The SMILES string of the molecule is COc1c(F)c(C)c(-c2ccc3nc(NC(=O)C4CC4F)sc3c2)c2cn[nH]c12. The summed E-state index contributed by atoms with van der Waals surface area (Å²) in [7, 11) is 1.42. The van der Waals surface area contributed by atoms with Gasteiger partial charge in [0.05, 0.1) is 29.4 Å². The van der Waals surface area contributed by atoms with Gasteiger partial charge in [-0.25, -0.2) is 13.8 Å². The van der Waals surface area contributed by atoms with Crippen molar-refractivity contribution in [3.8, 4) is 16.9 Å². The number of nitrogens with zero attached hydrogens (tertiary/aromatic N) is 2. The summed E-state index contributed by atoms with van der Waals surface area (Å²) >= 11 is 1.30. The molecule has 2 N–H and O–H groups in total. The van der Waals surface area contributed by atoms with Gasteiger partial charge in [0.1, 0.15) is 11.7 Å². The Morgan fingerprint density at radius 3 is 2.93 bits per heavy atom. The molecule has 0 aliphatic heterocycles. The van der Waals surface area contributed by atoms with Crippen LogP contribution in [0.3, 0.4) is 0 Å². The number of carbonyl (C=O) groups is 1. The third-order valence-corrected chi connectivity index (χ3v) is 6.13. The predicted octanol–water partition coefficient (Wildman–Crippen LogP) is 4.59. The van der Waals surface area contributed by atoms with Crippen molar-refractivity contribution in [1.82, 2.24) is 15.2 Å². The number of thiazole rings is 1. The Bertz CT molecular complexity index is 1280. The summed E-state index contributed by atoms with van der Waals surface area (Å²) < 4.78 is 34.0. The average molecular weight is 414 g/mol. The number of methoxy groups -OCH3 is 1. The number of H-pyrrole nitrogens is 1. The van der Waals surface area contributed by atoms with Crippen LogP contribution < -0.4 is 10.1 Å². The number of aromatic nitrogens is 3. The Balaban J connectivity index is 1.58. The Kier molecular flexibility index (Phi) is 4.02. The van der Waals surface area contributed by atoms with E-state index in [1.807, 2.05) is 18.2 Å².